The second-order valence-corrected chi connectivity index (χ2v) is 9.81. The SMILES string of the molecule is O=C(Cn1cc(/C=C2\SC(=S)N(c3ccccc3)C2=O)c2ccccc21)NC1CCCC1. The van der Waals surface area contributed by atoms with Crippen LogP contribution in [0, 0.1) is 0 Å². The van der Waals surface area contributed by atoms with Gasteiger partial charge in [-0.05, 0) is 37.1 Å². The molecule has 2 heterocycles. The zero-order chi connectivity index (χ0) is 22.1. The monoisotopic (exact) mass is 461 g/mol. The summed E-state index contributed by atoms with van der Waals surface area (Å²) in [5.41, 5.74) is 2.64. The van der Waals surface area contributed by atoms with Crippen LogP contribution in [0.25, 0.3) is 17.0 Å². The summed E-state index contributed by atoms with van der Waals surface area (Å²) in [6.45, 7) is 0.260. The summed E-state index contributed by atoms with van der Waals surface area (Å²) >= 11 is 6.79. The fourth-order valence-electron chi connectivity index (χ4n) is 4.43. The fraction of sp³-hybridized carbons (Fsp3) is 0.240. The van der Waals surface area contributed by atoms with Crippen molar-refractivity contribution in [1.82, 2.24) is 9.88 Å². The Labute approximate surface area is 196 Å². The molecule has 0 spiro atoms. The van der Waals surface area contributed by atoms with Crippen LogP contribution >= 0.6 is 24.0 Å². The highest BCUT2D eigenvalue weighted by Crippen LogP contribution is 2.37. The largest absolute Gasteiger partial charge is 0.352 e. The Morgan fingerprint density at radius 1 is 1.09 bits per heavy atom. The molecular weight excluding hydrogens is 438 g/mol. The molecule has 0 radical (unpaired) electrons. The van der Waals surface area contributed by atoms with Crippen molar-refractivity contribution in [2.75, 3.05) is 4.90 Å². The fourth-order valence-corrected chi connectivity index (χ4v) is 5.72. The molecule has 2 fully saturated rings. The molecule has 1 N–H and O–H groups in total. The molecule has 1 saturated carbocycles. The van der Waals surface area contributed by atoms with Crippen LogP contribution in [0.2, 0.25) is 0 Å². The number of benzene rings is 2. The van der Waals surface area contributed by atoms with Crippen LogP contribution in [-0.2, 0) is 16.1 Å². The van der Waals surface area contributed by atoms with Crippen molar-refractivity contribution in [3.63, 3.8) is 0 Å². The minimum Gasteiger partial charge on any atom is -0.352 e. The lowest BCUT2D eigenvalue weighted by Gasteiger charge is -2.13. The molecule has 5 nitrogen and oxygen atoms in total. The van der Waals surface area contributed by atoms with Crippen LogP contribution in [0.5, 0.6) is 0 Å². The quantitative estimate of drug-likeness (QED) is 0.424. The molecule has 1 aliphatic carbocycles. The number of carbonyl (C=O) groups excluding carboxylic acids is 2. The number of aromatic nitrogens is 1. The van der Waals surface area contributed by atoms with E-state index in [1.807, 2.05) is 71.4 Å². The first-order valence-corrected chi connectivity index (χ1v) is 12.0. The van der Waals surface area contributed by atoms with Crippen molar-refractivity contribution >= 4 is 62.8 Å². The lowest BCUT2D eigenvalue weighted by atomic mass is 10.1. The topological polar surface area (TPSA) is 54.3 Å². The summed E-state index contributed by atoms with van der Waals surface area (Å²) in [5.74, 6) is -0.0957. The Hall–Kier alpha value is -2.90. The number of rotatable bonds is 5. The van der Waals surface area contributed by atoms with Gasteiger partial charge < -0.3 is 9.88 Å². The van der Waals surface area contributed by atoms with E-state index in [1.54, 1.807) is 4.90 Å². The van der Waals surface area contributed by atoms with Gasteiger partial charge in [0, 0.05) is 28.7 Å². The van der Waals surface area contributed by atoms with Gasteiger partial charge in [-0.25, -0.2) is 0 Å². The van der Waals surface area contributed by atoms with E-state index in [4.69, 9.17) is 12.2 Å². The standard InChI is InChI=1S/C25H23N3O2S2/c29-23(26-18-8-4-5-9-18)16-27-15-17(20-12-6-7-13-21(20)27)14-22-24(30)28(25(31)32-22)19-10-2-1-3-11-19/h1-3,6-7,10-15,18H,4-5,8-9,16H2,(H,26,29)/b22-14-. The smallest absolute Gasteiger partial charge is 0.270 e. The van der Waals surface area contributed by atoms with Crippen LogP contribution in [0.1, 0.15) is 31.2 Å². The van der Waals surface area contributed by atoms with Gasteiger partial charge in [-0.3, -0.25) is 14.5 Å². The van der Waals surface area contributed by atoms with E-state index in [0.717, 1.165) is 35.0 Å². The number of thioether (sulfide) groups is 1. The molecule has 2 amide bonds. The highest BCUT2D eigenvalue weighted by molar-refractivity contribution is 8.27. The summed E-state index contributed by atoms with van der Waals surface area (Å²) in [4.78, 5) is 27.9. The minimum atomic E-state index is -0.123. The normalized spacial score (nSPS) is 18.2. The average Bonchev–Trinajstić information content (AvgIpc) is 3.49. The molecule has 0 atom stereocenters. The maximum Gasteiger partial charge on any atom is 0.270 e. The molecule has 162 valence electrons. The van der Waals surface area contributed by atoms with Crippen LogP contribution < -0.4 is 10.2 Å². The maximum atomic E-state index is 13.1. The van der Waals surface area contributed by atoms with E-state index in [1.165, 1.54) is 24.6 Å². The van der Waals surface area contributed by atoms with Gasteiger partial charge in [0.1, 0.15) is 6.54 Å². The van der Waals surface area contributed by atoms with Gasteiger partial charge in [0.05, 0.1) is 10.6 Å². The van der Waals surface area contributed by atoms with E-state index in [2.05, 4.69) is 5.32 Å². The second-order valence-electron chi connectivity index (χ2n) is 8.13. The Kier molecular flexibility index (Phi) is 5.85. The van der Waals surface area contributed by atoms with E-state index < -0.39 is 0 Å². The Morgan fingerprint density at radius 2 is 1.81 bits per heavy atom. The van der Waals surface area contributed by atoms with Crippen molar-refractivity contribution in [1.29, 1.82) is 0 Å². The number of amides is 2. The highest BCUT2D eigenvalue weighted by Gasteiger charge is 2.33. The molecule has 0 unspecified atom stereocenters. The predicted molar refractivity (Wildman–Crippen MR) is 134 cm³/mol. The molecule has 5 rings (SSSR count). The molecule has 0 bridgehead atoms. The molecule has 7 heteroatoms. The minimum absolute atomic E-state index is 0.0274. The zero-order valence-corrected chi connectivity index (χ0v) is 19.1. The van der Waals surface area contributed by atoms with E-state index in [-0.39, 0.29) is 18.4 Å². The van der Waals surface area contributed by atoms with Crippen molar-refractivity contribution < 1.29 is 9.59 Å². The summed E-state index contributed by atoms with van der Waals surface area (Å²) < 4.78 is 2.48. The summed E-state index contributed by atoms with van der Waals surface area (Å²) in [5, 5.41) is 4.16. The van der Waals surface area contributed by atoms with Gasteiger partial charge in [-0.15, -0.1) is 0 Å². The van der Waals surface area contributed by atoms with Crippen LogP contribution in [0.15, 0.2) is 65.7 Å². The van der Waals surface area contributed by atoms with Gasteiger partial charge in [-0.2, -0.15) is 0 Å². The number of hydrogen-bond acceptors (Lipinski definition) is 4. The van der Waals surface area contributed by atoms with Gasteiger partial charge in [0.2, 0.25) is 5.91 Å². The number of nitrogens with zero attached hydrogens (tertiary/aromatic N) is 2. The van der Waals surface area contributed by atoms with Crippen LogP contribution in [0.3, 0.4) is 0 Å². The van der Waals surface area contributed by atoms with E-state index >= 15 is 0 Å². The molecule has 3 aromatic rings. The number of hydrogen-bond donors (Lipinski definition) is 1. The molecule has 1 aromatic heterocycles. The number of fused-ring (bicyclic) bond motifs is 1. The average molecular weight is 462 g/mol. The molecule has 1 saturated heterocycles. The van der Waals surface area contributed by atoms with Gasteiger partial charge in [-0.1, -0.05) is 73.2 Å². The lowest BCUT2D eigenvalue weighted by Crippen LogP contribution is -2.35. The van der Waals surface area contributed by atoms with Crippen molar-refractivity contribution in [2.24, 2.45) is 0 Å². The number of nitrogens with one attached hydrogen (secondary N) is 1. The Balaban J connectivity index is 1.43. The van der Waals surface area contributed by atoms with Crippen molar-refractivity contribution in [3.8, 4) is 0 Å². The third-order valence-corrected chi connectivity index (χ3v) is 7.25. The number of anilines is 1. The first kappa shape index (κ1) is 21.0. The summed E-state index contributed by atoms with van der Waals surface area (Å²) in [6, 6.07) is 17.7. The van der Waals surface area contributed by atoms with Crippen molar-refractivity contribution in [3.05, 3.63) is 71.3 Å². The van der Waals surface area contributed by atoms with Crippen LogP contribution in [0.4, 0.5) is 5.69 Å². The molecular formula is C25H23N3O2S2. The number of carbonyl (C=O) groups is 2. The predicted octanol–water partition coefficient (Wildman–Crippen LogP) is 5.11. The summed E-state index contributed by atoms with van der Waals surface area (Å²) in [7, 11) is 0. The number of para-hydroxylation sites is 2. The Bertz CT molecular complexity index is 1230. The highest BCUT2D eigenvalue weighted by atomic mass is 32.2. The van der Waals surface area contributed by atoms with Crippen molar-refractivity contribution in [2.45, 2.75) is 38.3 Å². The van der Waals surface area contributed by atoms with Gasteiger partial charge >= 0.3 is 0 Å². The second kappa shape index (κ2) is 8.92. The third-order valence-electron chi connectivity index (χ3n) is 5.95. The molecule has 2 aromatic carbocycles. The van der Waals surface area contributed by atoms with Crippen LogP contribution in [-0.4, -0.2) is 26.7 Å². The first-order chi connectivity index (χ1) is 15.6. The van der Waals surface area contributed by atoms with E-state index in [9.17, 15) is 9.59 Å². The third kappa shape index (κ3) is 4.10. The molecule has 1 aliphatic heterocycles. The maximum absolute atomic E-state index is 13.1. The number of thiocarbonyl (C=S) groups is 1. The Morgan fingerprint density at radius 3 is 2.59 bits per heavy atom. The zero-order valence-electron chi connectivity index (χ0n) is 17.5. The first-order valence-electron chi connectivity index (χ1n) is 10.8. The van der Waals surface area contributed by atoms with Gasteiger partial charge in [0.15, 0.2) is 4.32 Å². The summed E-state index contributed by atoms with van der Waals surface area (Å²) in [6.07, 6.45) is 8.33. The molecule has 32 heavy (non-hydrogen) atoms. The van der Waals surface area contributed by atoms with Gasteiger partial charge in [0.25, 0.3) is 5.91 Å². The lowest BCUT2D eigenvalue weighted by molar-refractivity contribution is -0.122. The molecule has 2 aliphatic rings. The van der Waals surface area contributed by atoms with E-state index in [0.29, 0.717) is 15.3 Å².